The number of para-hydroxylation sites is 1. The fraction of sp³-hybridized carbons (Fsp3) is 0.364. The Balaban J connectivity index is 1.55. The van der Waals surface area contributed by atoms with Crippen LogP contribution >= 0.6 is 15.9 Å². The molecule has 0 aromatic heterocycles. The summed E-state index contributed by atoms with van der Waals surface area (Å²) in [6, 6.07) is 10.8. The summed E-state index contributed by atoms with van der Waals surface area (Å²) in [7, 11) is -3.76. The van der Waals surface area contributed by atoms with Crippen molar-refractivity contribution in [1.29, 1.82) is 0 Å². The highest BCUT2D eigenvalue weighted by molar-refractivity contribution is 9.10. The number of carbonyl (C=O) groups is 2. The molecule has 8 heteroatoms. The van der Waals surface area contributed by atoms with Crippen molar-refractivity contribution in [1.82, 2.24) is 0 Å². The lowest BCUT2D eigenvalue weighted by Crippen LogP contribution is -2.31. The van der Waals surface area contributed by atoms with Crippen molar-refractivity contribution >= 4 is 49.0 Å². The summed E-state index contributed by atoms with van der Waals surface area (Å²) < 4.78 is 27.0. The first-order valence-corrected chi connectivity index (χ1v) is 12.4. The zero-order valence-electron chi connectivity index (χ0n) is 16.7. The highest BCUT2D eigenvalue weighted by Gasteiger charge is 2.39. The third-order valence-corrected chi connectivity index (χ3v) is 7.72. The van der Waals surface area contributed by atoms with E-state index in [4.69, 9.17) is 0 Å². The van der Waals surface area contributed by atoms with Crippen molar-refractivity contribution in [3.8, 4) is 0 Å². The van der Waals surface area contributed by atoms with Crippen LogP contribution in [0.1, 0.15) is 30.4 Å². The van der Waals surface area contributed by atoms with Gasteiger partial charge in [0.05, 0.1) is 16.3 Å². The summed E-state index contributed by atoms with van der Waals surface area (Å²) in [5, 5.41) is 2.77. The Bertz CT molecular complexity index is 1130. The Hall–Kier alpha value is -2.19. The van der Waals surface area contributed by atoms with Crippen LogP contribution in [0, 0.1) is 12.8 Å². The number of nitrogens with one attached hydrogen (secondary N) is 1. The van der Waals surface area contributed by atoms with Crippen molar-refractivity contribution in [2.75, 3.05) is 22.5 Å². The number of fused-ring (bicyclic) bond motifs is 1. The Morgan fingerprint density at radius 1 is 1.20 bits per heavy atom. The van der Waals surface area contributed by atoms with Crippen LogP contribution in [0.25, 0.3) is 0 Å². The third kappa shape index (κ3) is 4.30. The molecule has 0 spiro atoms. The topological polar surface area (TPSA) is 83.6 Å². The second-order valence-electron chi connectivity index (χ2n) is 7.86. The second kappa shape index (κ2) is 8.15. The lowest BCUT2D eigenvalue weighted by atomic mass is 10.2. The van der Waals surface area contributed by atoms with Gasteiger partial charge in [-0.05, 0) is 55.5 Å². The van der Waals surface area contributed by atoms with E-state index in [1.807, 2.05) is 31.2 Å². The molecule has 1 heterocycles. The maximum Gasteiger partial charge on any atom is 0.230 e. The van der Waals surface area contributed by atoms with Crippen LogP contribution in [0.2, 0.25) is 0 Å². The number of hydrogen-bond acceptors (Lipinski definition) is 4. The molecule has 0 saturated heterocycles. The predicted molar refractivity (Wildman–Crippen MR) is 119 cm³/mol. The van der Waals surface area contributed by atoms with Crippen LogP contribution in [0.5, 0.6) is 0 Å². The number of nitrogens with zero attached hydrogens (tertiary/aromatic N) is 1. The van der Waals surface area contributed by atoms with E-state index in [-0.39, 0.29) is 34.8 Å². The van der Waals surface area contributed by atoms with Gasteiger partial charge in [0.15, 0.2) is 9.84 Å². The molecule has 2 amide bonds. The number of carbonyl (C=O) groups excluding carboxylic acids is 2. The molecule has 1 aliphatic carbocycles. The van der Waals surface area contributed by atoms with Gasteiger partial charge in [0.2, 0.25) is 11.8 Å². The lowest BCUT2D eigenvalue weighted by Gasteiger charge is -2.21. The quantitative estimate of drug-likeness (QED) is 0.666. The maximum absolute atomic E-state index is 13.2. The van der Waals surface area contributed by atoms with Crippen LogP contribution in [0.3, 0.4) is 0 Å². The molecule has 6 nitrogen and oxygen atoms in total. The summed E-state index contributed by atoms with van der Waals surface area (Å²) in [4.78, 5) is 26.8. The number of halogens is 1. The molecular formula is C22H23BrN2O4S. The van der Waals surface area contributed by atoms with Gasteiger partial charge in [-0.2, -0.15) is 0 Å². The van der Waals surface area contributed by atoms with Gasteiger partial charge < -0.3 is 10.2 Å². The normalized spacial score (nSPS) is 15.7. The van der Waals surface area contributed by atoms with Crippen LogP contribution in [0.15, 0.2) is 45.8 Å². The molecule has 2 aliphatic rings. The van der Waals surface area contributed by atoms with E-state index >= 15 is 0 Å². The third-order valence-electron chi connectivity index (χ3n) is 5.54. The summed E-state index contributed by atoms with van der Waals surface area (Å²) in [6.45, 7) is 2.38. The minimum absolute atomic E-state index is 0.00446. The average molecular weight is 491 g/mol. The first kappa shape index (κ1) is 21.1. The Labute approximate surface area is 184 Å². The molecule has 4 rings (SSSR count). The van der Waals surface area contributed by atoms with E-state index in [0.29, 0.717) is 28.8 Å². The van der Waals surface area contributed by atoms with Gasteiger partial charge in [-0.15, -0.1) is 0 Å². The van der Waals surface area contributed by atoms with Crippen LogP contribution in [-0.2, 0) is 25.8 Å². The van der Waals surface area contributed by atoms with Gasteiger partial charge in [0.25, 0.3) is 0 Å². The number of rotatable bonds is 6. The number of aryl methyl sites for hydroxylation is 1. The van der Waals surface area contributed by atoms with Crippen molar-refractivity contribution in [2.24, 2.45) is 5.92 Å². The molecule has 0 unspecified atom stereocenters. The number of amides is 2. The van der Waals surface area contributed by atoms with E-state index in [1.165, 1.54) is 0 Å². The van der Waals surface area contributed by atoms with Gasteiger partial charge in [-0.1, -0.05) is 34.1 Å². The molecular weight excluding hydrogens is 468 g/mol. The second-order valence-corrected chi connectivity index (χ2v) is 10.9. The maximum atomic E-state index is 13.2. The predicted octanol–water partition coefficient (Wildman–Crippen LogP) is 3.86. The Kier molecular flexibility index (Phi) is 5.72. The largest absolute Gasteiger partial charge is 0.326 e. The molecule has 1 fully saturated rings. The standard InChI is InChI=1S/C22H23BrN2O4S/c1-14-4-2-3-5-18(14)24-20(26)9-11-30(28,29)19-13-17(23)12-16-8-10-25(21(16)19)22(27)15-6-7-15/h2-5,12-13,15H,6-11H2,1H3,(H,24,26). The van der Waals surface area contributed by atoms with Crippen LogP contribution in [-0.4, -0.2) is 32.5 Å². The molecule has 1 N–H and O–H groups in total. The van der Waals surface area contributed by atoms with Crippen molar-refractivity contribution in [3.05, 3.63) is 52.0 Å². The molecule has 0 radical (unpaired) electrons. The highest BCUT2D eigenvalue weighted by atomic mass is 79.9. The Morgan fingerprint density at radius 2 is 1.93 bits per heavy atom. The minimum atomic E-state index is -3.76. The molecule has 1 aliphatic heterocycles. The fourth-order valence-electron chi connectivity index (χ4n) is 3.74. The zero-order valence-corrected chi connectivity index (χ0v) is 19.1. The molecule has 0 bridgehead atoms. The summed E-state index contributed by atoms with van der Waals surface area (Å²) in [6.07, 6.45) is 2.20. The molecule has 30 heavy (non-hydrogen) atoms. The van der Waals surface area contributed by atoms with Crippen LogP contribution < -0.4 is 10.2 Å². The molecule has 2 aromatic rings. The monoisotopic (exact) mass is 490 g/mol. The highest BCUT2D eigenvalue weighted by Crippen LogP contribution is 2.41. The van der Waals surface area contributed by atoms with Crippen LogP contribution in [0.4, 0.5) is 11.4 Å². The fourth-order valence-corrected chi connectivity index (χ4v) is 5.91. The SMILES string of the molecule is Cc1ccccc1NC(=O)CCS(=O)(=O)c1cc(Br)cc2c1N(C(=O)C1CC1)CC2. The van der Waals surface area contributed by atoms with Gasteiger partial charge in [-0.3, -0.25) is 9.59 Å². The number of anilines is 2. The number of sulfone groups is 1. The molecule has 158 valence electrons. The smallest absolute Gasteiger partial charge is 0.230 e. The lowest BCUT2D eigenvalue weighted by molar-refractivity contribution is -0.119. The van der Waals surface area contributed by atoms with Gasteiger partial charge in [0, 0.05) is 29.0 Å². The van der Waals surface area contributed by atoms with Crippen molar-refractivity contribution in [3.63, 3.8) is 0 Å². The molecule has 0 atom stereocenters. The Morgan fingerprint density at radius 3 is 2.63 bits per heavy atom. The van der Waals surface area contributed by atoms with E-state index in [9.17, 15) is 18.0 Å². The average Bonchev–Trinajstić information content (AvgIpc) is 3.47. The van der Waals surface area contributed by atoms with E-state index in [2.05, 4.69) is 21.2 Å². The number of benzene rings is 2. The van der Waals surface area contributed by atoms with E-state index in [1.54, 1.807) is 17.0 Å². The van der Waals surface area contributed by atoms with E-state index in [0.717, 1.165) is 24.0 Å². The summed E-state index contributed by atoms with van der Waals surface area (Å²) in [5.41, 5.74) is 2.92. The van der Waals surface area contributed by atoms with Gasteiger partial charge >= 0.3 is 0 Å². The zero-order chi connectivity index (χ0) is 21.5. The molecule has 2 aromatic carbocycles. The van der Waals surface area contributed by atoms with Gasteiger partial charge in [-0.25, -0.2) is 8.42 Å². The summed E-state index contributed by atoms with van der Waals surface area (Å²) in [5.74, 6) is -0.663. The first-order chi connectivity index (χ1) is 14.3. The number of hydrogen-bond donors (Lipinski definition) is 1. The first-order valence-electron chi connectivity index (χ1n) is 9.98. The minimum Gasteiger partial charge on any atom is -0.326 e. The van der Waals surface area contributed by atoms with Crippen molar-refractivity contribution < 1.29 is 18.0 Å². The van der Waals surface area contributed by atoms with Crippen molar-refractivity contribution in [2.45, 2.75) is 37.5 Å². The molecule has 1 saturated carbocycles. The van der Waals surface area contributed by atoms with E-state index < -0.39 is 9.84 Å². The van der Waals surface area contributed by atoms with Gasteiger partial charge in [0.1, 0.15) is 0 Å². The summed E-state index contributed by atoms with van der Waals surface area (Å²) >= 11 is 3.39.